The highest BCUT2D eigenvalue weighted by molar-refractivity contribution is 4.92. The van der Waals surface area contributed by atoms with Crippen molar-refractivity contribution in [2.75, 3.05) is 0 Å². The molecule has 0 saturated heterocycles. The first-order chi connectivity index (χ1) is 7.06. The molecule has 0 aromatic carbocycles. The van der Waals surface area contributed by atoms with Crippen LogP contribution in [-0.2, 0) is 0 Å². The van der Waals surface area contributed by atoms with Crippen LogP contribution in [0.1, 0.15) is 65.7 Å². The molecule has 1 atom stereocenters. The SMILES string of the molecule is C=CC(C)(C)C(C)CC1CCCCCC1. The minimum absolute atomic E-state index is 0.312. The zero-order valence-corrected chi connectivity index (χ0v) is 10.9. The lowest BCUT2D eigenvalue weighted by Gasteiger charge is -2.31. The maximum absolute atomic E-state index is 3.97. The highest BCUT2D eigenvalue weighted by atomic mass is 14.3. The Morgan fingerprint density at radius 3 is 2.20 bits per heavy atom. The van der Waals surface area contributed by atoms with Gasteiger partial charge in [0.05, 0.1) is 0 Å². The summed E-state index contributed by atoms with van der Waals surface area (Å²) >= 11 is 0. The number of hydrogen-bond acceptors (Lipinski definition) is 0. The molecule has 1 aliphatic rings. The molecule has 15 heavy (non-hydrogen) atoms. The second kappa shape index (κ2) is 5.72. The summed E-state index contributed by atoms with van der Waals surface area (Å²) in [6.07, 6.45) is 12.3. The third-order valence-corrected chi connectivity index (χ3v) is 4.46. The number of allylic oxidation sites excluding steroid dienone is 1. The van der Waals surface area contributed by atoms with E-state index in [0.717, 1.165) is 11.8 Å². The summed E-state index contributed by atoms with van der Waals surface area (Å²) in [6, 6.07) is 0. The van der Waals surface area contributed by atoms with Crippen LogP contribution in [0.5, 0.6) is 0 Å². The Hall–Kier alpha value is -0.260. The lowest BCUT2D eigenvalue weighted by Crippen LogP contribution is -2.21. The van der Waals surface area contributed by atoms with Crippen LogP contribution in [0.4, 0.5) is 0 Å². The Morgan fingerprint density at radius 2 is 1.73 bits per heavy atom. The van der Waals surface area contributed by atoms with Crippen molar-refractivity contribution in [1.82, 2.24) is 0 Å². The molecule has 88 valence electrons. The zero-order valence-electron chi connectivity index (χ0n) is 10.9. The van der Waals surface area contributed by atoms with E-state index < -0.39 is 0 Å². The first-order valence-electron chi connectivity index (χ1n) is 6.70. The molecular formula is C15H28. The first-order valence-corrected chi connectivity index (χ1v) is 6.70. The fourth-order valence-corrected chi connectivity index (χ4v) is 2.60. The number of rotatable bonds is 4. The van der Waals surface area contributed by atoms with Crippen molar-refractivity contribution in [2.45, 2.75) is 65.7 Å². The Balaban J connectivity index is 2.41. The average molecular weight is 208 g/mol. The van der Waals surface area contributed by atoms with Crippen LogP contribution in [0.25, 0.3) is 0 Å². The molecule has 0 N–H and O–H groups in total. The van der Waals surface area contributed by atoms with Gasteiger partial charge in [-0.1, -0.05) is 65.4 Å². The standard InChI is InChI=1S/C15H28/c1-5-15(3,4)13(2)12-14-10-8-6-7-9-11-14/h5,13-14H,1,6-12H2,2-4H3. The van der Waals surface area contributed by atoms with Crippen molar-refractivity contribution < 1.29 is 0 Å². The van der Waals surface area contributed by atoms with E-state index in [4.69, 9.17) is 0 Å². The maximum atomic E-state index is 3.97. The van der Waals surface area contributed by atoms with Gasteiger partial charge in [-0.3, -0.25) is 0 Å². The van der Waals surface area contributed by atoms with Crippen LogP contribution in [0, 0.1) is 17.3 Å². The summed E-state index contributed by atoms with van der Waals surface area (Å²) in [5.41, 5.74) is 0.312. The summed E-state index contributed by atoms with van der Waals surface area (Å²) in [4.78, 5) is 0. The number of hydrogen-bond donors (Lipinski definition) is 0. The molecule has 0 heteroatoms. The highest BCUT2D eigenvalue weighted by Gasteiger charge is 2.25. The molecule has 1 aliphatic carbocycles. The quantitative estimate of drug-likeness (QED) is 0.440. The normalized spacial score (nSPS) is 22.1. The predicted octanol–water partition coefficient (Wildman–Crippen LogP) is 5.20. The molecule has 0 amide bonds. The van der Waals surface area contributed by atoms with Gasteiger partial charge in [-0.2, -0.15) is 0 Å². The third kappa shape index (κ3) is 4.01. The van der Waals surface area contributed by atoms with E-state index in [0.29, 0.717) is 5.41 Å². The lowest BCUT2D eigenvalue weighted by molar-refractivity contribution is 0.236. The van der Waals surface area contributed by atoms with Gasteiger partial charge >= 0.3 is 0 Å². The molecule has 1 saturated carbocycles. The highest BCUT2D eigenvalue weighted by Crippen LogP contribution is 2.36. The Bertz CT molecular complexity index is 182. The van der Waals surface area contributed by atoms with Gasteiger partial charge in [-0.25, -0.2) is 0 Å². The largest absolute Gasteiger partial charge is 0.103 e. The van der Waals surface area contributed by atoms with Crippen molar-refractivity contribution in [2.24, 2.45) is 17.3 Å². The third-order valence-electron chi connectivity index (χ3n) is 4.46. The van der Waals surface area contributed by atoms with Crippen molar-refractivity contribution in [3.05, 3.63) is 12.7 Å². The molecule has 0 aliphatic heterocycles. The van der Waals surface area contributed by atoms with E-state index in [9.17, 15) is 0 Å². The van der Waals surface area contributed by atoms with Crippen molar-refractivity contribution in [3.8, 4) is 0 Å². The van der Waals surface area contributed by atoms with E-state index in [-0.39, 0.29) is 0 Å². The second-order valence-electron chi connectivity index (χ2n) is 6.02. The molecule has 0 radical (unpaired) electrons. The Kier molecular flexibility index (Phi) is 4.89. The van der Waals surface area contributed by atoms with Crippen LogP contribution < -0.4 is 0 Å². The van der Waals surface area contributed by atoms with Gasteiger partial charge in [0, 0.05) is 0 Å². The fraction of sp³-hybridized carbons (Fsp3) is 0.867. The van der Waals surface area contributed by atoms with Crippen molar-refractivity contribution in [3.63, 3.8) is 0 Å². The van der Waals surface area contributed by atoms with E-state index in [1.54, 1.807) is 0 Å². The summed E-state index contributed by atoms with van der Waals surface area (Å²) in [6.45, 7) is 11.0. The van der Waals surface area contributed by atoms with Crippen LogP contribution in [-0.4, -0.2) is 0 Å². The van der Waals surface area contributed by atoms with Crippen LogP contribution in [0.15, 0.2) is 12.7 Å². The smallest absolute Gasteiger partial charge is 0.0152 e. The minimum Gasteiger partial charge on any atom is -0.103 e. The minimum atomic E-state index is 0.312. The summed E-state index contributed by atoms with van der Waals surface area (Å²) in [7, 11) is 0. The van der Waals surface area contributed by atoms with Gasteiger partial charge in [-0.15, -0.1) is 6.58 Å². The summed E-state index contributed by atoms with van der Waals surface area (Å²) in [5.74, 6) is 1.76. The van der Waals surface area contributed by atoms with Crippen molar-refractivity contribution >= 4 is 0 Å². The van der Waals surface area contributed by atoms with Crippen LogP contribution in [0.2, 0.25) is 0 Å². The van der Waals surface area contributed by atoms with Gasteiger partial charge in [0.15, 0.2) is 0 Å². The van der Waals surface area contributed by atoms with Crippen LogP contribution >= 0.6 is 0 Å². The molecule has 1 rings (SSSR count). The van der Waals surface area contributed by atoms with E-state index in [1.807, 2.05) is 0 Å². The van der Waals surface area contributed by atoms with Gasteiger partial charge in [0.2, 0.25) is 0 Å². The van der Waals surface area contributed by atoms with E-state index in [2.05, 4.69) is 33.4 Å². The average Bonchev–Trinajstić information content (AvgIpc) is 2.46. The zero-order chi connectivity index (χ0) is 11.3. The molecule has 0 aromatic rings. The molecule has 0 nitrogen and oxygen atoms in total. The molecule has 0 bridgehead atoms. The molecule has 1 unspecified atom stereocenters. The van der Waals surface area contributed by atoms with Gasteiger partial charge < -0.3 is 0 Å². The van der Waals surface area contributed by atoms with E-state index >= 15 is 0 Å². The van der Waals surface area contributed by atoms with Gasteiger partial charge in [0.1, 0.15) is 0 Å². The first kappa shape index (κ1) is 12.8. The molecular weight excluding hydrogens is 180 g/mol. The van der Waals surface area contributed by atoms with Crippen molar-refractivity contribution in [1.29, 1.82) is 0 Å². The molecule has 1 fully saturated rings. The van der Waals surface area contributed by atoms with Gasteiger partial charge in [0.25, 0.3) is 0 Å². The predicted molar refractivity (Wildman–Crippen MR) is 69.0 cm³/mol. The fourth-order valence-electron chi connectivity index (χ4n) is 2.60. The molecule has 0 spiro atoms. The van der Waals surface area contributed by atoms with E-state index in [1.165, 1.54) is 44.9 Å². The molecule has 0 heterocycles. The monoisotopic (exact) mass is 208 g/mol. The summed E-state index contributed by atoms with van der Waals surface area (Å²) in [5, 5.41) is 0. The maximum Gasteiger partial charge on any atom is -0.0152 e. The van der Waals surface area contributed by atoms with Crippen LogP contribution in [0.3, 0.4) is 0 Å². The second-order valence-corrected chi connectivity index (χ2v) is 6.02. The Labute approximate surface area is 96.2 Å². The van der Waals surface area contributed by atoms with Gasteiger partial charge in [-0.05, 0) is 23.7 Å². The topological polar surface area (TPSA) is 0 Å². The Morgan fingerprint density at radius 1 is 1.20 bits per heavy atom. The molecule has 0 aromatic heterocycles. The summed E-state index contributed by atoms with van der Waals surface area (Å²) < 4.78 is 0. The lowest BCUT2D eigenvalue weighted by atomic mass is 9.74.